The Balaban J connectivity index is 1.90. The van der Waals surface area contributed by atoms with Crippen molar-refractivity contribution in [2.75, 3.05) is 5.73 Å². The molecule has 0 saturated heterocycles. The first-order valence-corrected chi connectivity index (χ1v) is 6.09. The summed E-state index contributed by atoms with van der Waals surface area (Å²) in [5, 5.41) is 0. The predicted octanol–water partition coefficient (Wildman–Crippen LogP) is 2.83. The molecular formula is C14H18N2O2. The van der Waals surface area contributed by atoms with Crippen LogP contribution in [0.3, 0.4) is 0 Å². The Bertz CT molecular complexity index is 489. The normalized spacial score (nSPS) is 10.8. The number of hydrogen-bond donors (Lipinski definition) is 1. The summed E-state index contributed by atoms with van der Waals surface area (Å²) in [5.74, 6) is 1.72. The summed E-state index contributed by atoms with van der Waals surface area (Å²) in [6.07, 6.45) is 3.57. The van der Waals surface area contributed by atoms with E-state index in [0.29, 0.717) is 0 Å². The maximum atomic E-state index is 5.59. The molecule has 1 aromatic carbocycles. The molecule has 0 spiro atoms. The second-order valence-corrected chi connectivity index (χ2v) is 4.48. The summed E-state index contributed by atoms with van der Waals surface area (Å²) < 4.78 is 10.8. The molecule has 0 fully saturated rings. The van der Waals surface area contributed by atoms with E-state index in [1.165, 1.54) is 5.56 Å². The van der Waals surface area contributed by atoms with Gasteiger partial charge in [0.05, 0.1) is 12.3 Å². The van der Waals surface area contributed by atoms with Crippen LogP contribution in [0.2, 0.25) is 0 Å². The number of nitrogens with two attached hydrogens (primary N) is 1. The zero-order valence-electron chi connectivity index (χ0n) is 10.7. The fraction of sp³-hybridized carbons (Fsp3) is 0.357. The molecule has 0 atom stereocenters. The molecule has 4 nitrogen and oxygen atoms in total. The molecule has 0 aliphatic heterocycles. The third kappa shape index (κ3) is 3.52. The molecule has 18 heavy (non-hydrogen) atoms. The van der Waals surface area contributed by atoms with Crippen LogP contribution >= 0.6 is 0 Å². The van der Waals surface area contributed by atoms with Crippen LogP contribution in [-0.4, -0.2) is 11.1 Å². The SMILES string of the molecule is CC(C)Oc1ccc(CCc2cnc(N)o2)cc1. The van der Waals surface area contributed by atoms with Crippen LogP contribution in [-0.2, 0) is 12.8 Å². The minimum atomic E-state index is 0.202. The van der Waals surface area contributed by atoms with E-state index in [9.17, 15) is 0 Å². The van der Waals surface area contributed by atoms with Gasteiger partial charge >= 0.3 is 0 Å². The van der Waals surface area contributed by atoms with Crippen LogP contribution in [0.1, 0.15) is 25.2 Å². The lowest BCUT2D eigenvalue weighted by molar-refractivity contribution is 0.242. The summed E-state index contributed by atoms with van der Waals surface area (Å²) in [4.78, 5) is 3.87. The summed E-state index contributed by atoms with van der Waals surface area (Å²) in [5.41, 5.74) is 6.66. The molecule has 0 aliphatic rings. The Labute approximate surface area is 107 Å². The topological polar surface area (TPSA) is 61.3 Å². The van der Waals surface area contributed by atoms with Gasteiger partial charge in [-0.05, 0) is 38.0 Å². The summed E-state index contributed by atoms with van der Waals surface area (Å²) in [7, 11) is 0. The maximum Gasteiger partial charge on any atom is 0.292 e. The lowest BCUT2D eigenvalue weighted by Crippen LogP contribution is -2.05. The quantitative estimate of drug-likeness (QED) is 0.881. The van der Waals surface area contributed by atoms with Gasteiger partial charge in [0.2, 0.25) is 0 Å². The molecule has 0 unspecified atom stereocenters. The van der Waals surface area contributed by atoms with Crippen molar-refractivity contribution in [3.05, 3.63) is 41.8 Å². The molecule has 0 saturated carbocycles. The maximum absolute atomic E-state index is 5.59. The zero-order valence-corrected chi connectivity index (χ0v) is 10.7. The van der Waals surface area contributed by atoms with Crippen molar-refractivity contribution >= 4 is 6.01 Å². The number of anilines is 1. The highest BCUT2D eigenvalue weighted by Crippen LogP contribution is 2.15. The molecule has 0 bridgehead atoms. The van der Waals surface area contributed by atoms with Crippen LogP contribution in [0.4, 0.5) is 6.01 Å². The highest BCUT2D eigenvalue weighted by Gasteiger charge is 2.02. The minimum Gasteiger partial charge on any atom is -0.491 e. The molecule has 96 valence electrons. The lowest BCUT2D eigenvalue weighted by Gasteiger charge is -2.09. The summed E-state index contributed by atoms with van der Waals surface area (Å²) in [6.45, 7) is 4.03. The number of aromatic nitrogens is 1. The van der Waals surface area contributed by atoms with Crippen LogP contribution in [0.15, 0.2) is 34.9 Å². The van der Waals surface area contributed by atoms with Crippen molar-refractivity contribution in [2.24, 2.45) is 0 Å². The van der Waals surface area contributed by atoms with Crippen molar-refractivity contribution in [3.63, 3.8) is 0 Å². The molecule has 2 N–H and O–H groups in total. The molecule has 4 heteroatoms. The number of nitrogens with zero attached hydrogens (tertiary/aromatic N) is 1. The molecule has 0 radical (unpaired) electrons. The Morgan fingerprint density at radius 3 is 2.50 bits per heavy atom. The van der Waals surface area contributed by atoms with E-state index >= 15 is 0 Å². The number of ether oxygens (including phenoxy) is 1. The molecule has 1 heterocycles. The molecule has 1 aromatic heterocycles. The highest BCUT2D eigenvalue weighted by molar-refractivity contribution is 5.28. The first-order valence-electron chi connectivity index (χ1n) is 6.09. The number of aryl methyl sites for hydroxylation is 2. The van der Waals surface area contributed by atoms with Crippen LogP contribution in [0, 0.1) is 0 Å². The summed E-state index contributed by atoms with van der Waals surface area (Å²) >= 11 is 0. The molecule has 0 aliphatic carbocycles. The van der Waals surface area contributed by atoms with Crippen molar-refractivity contribution in [3.8, 4) is 5.75 Å². The van der Waals surface area contributed by atoms with Gasteiger partial charge in [0, 0.05) is 6.42 Å². The van der Waals surface area contributed by atoms with Crippen molar-refractivity contribution in [1.82, 2.24) is 4.98 Å². The van der Waals surface area contributed by atoms with Crippen LogP contribution in [0.25, 0.3) is 0 Å². The fourth-order valence-corrected chi connectivity index (χ4v) is 1.71. The van der Waals surface area contributed by atoms with Crippen LogP contribution in [0.5, 0.6) is 5.75 Å². The van der Waals surface area contributed by atoms with Gasteiger partial charge in [0.25, 0.3) is 6.01 Å². The van der Waals surface area contributed by atoms with Gasteiger partial charge in [-0.25, -0.2) is 4.98 Å². The van der Waals surface area contributed by atoms with E-state index in [1.54, 1.807) is 6.20 Å². The average Bonchev–Trinajstić information content (AvgIpc) is 2.74. The summed E-state index contributed by atoms with van der Waals surface area (Å²) in [6, 6.07) is 8.34. The van der Waals surface area contributed by atoms with Gasteiger partial charge in [-0.15, -0.1) is 0 Å². The highest BCUT2D eigenvalue weighted by atomic mass is 16.5. The Morgan fingerprint density at radius 2 is 1.94 bits per heavy atom. The molecule has 0 amide bonds. The van der Waals surface area contributed by atoms with Gasteiger partial charge in [-0.2, -0.15) is 0 Å². The zero-order chi connectivity index (χ0) is 13.0. The second kappa shape index (κ2) is 5.58. The van der Waals surface area contributed by atoms with Gasteiger partial charge in [0.15, 0.2) is 0 Å². The van der Waals surface area contributed by atoms with Crippen LogP contribution < -0.4 is 10.5 Å². The third-order valence-corrected chi connectivity index (χ3v) is 2.53. The first-order chi connectivity index (χ1) is 8.63. The van der Waals surface area contributed by atoms with E-state index < -0.39 is 0 Å². The fourth-order valence-electron chi connectivity index (χ4n) is 1.71. The molecule has 2 aromatic rings. The number of nitrogen functional groups attached to an aromatic ring is 1. The standard InChI is InChI=1S/C14H18N2O2/c1-10(2)17-12-6-3-11(4-7-12)5-8-13-9-16-14(15)18-13/h3-4,6-7,9-10H,5,8H2,1-2H3,(H2,15,16). The monoisotopic (exact) mass is 246 g/mol. The van der Waals surface area contributed by atoms with Crippen molar-refractivity contribution < 1.29 is 9.15 Å². The van der Waals surface area contributed by atoms with E-state index in [1.807, 2.05) is 26.0 Å². The van der Waals surface area contributed by atoms with E-state index in [2.05, 4.69) is 17.1 Å². The minimum absolute atomic E-state index is 0.202. The van der Waals surface area contributed by atoms with E-state index in [-0.39, 0.29) is 12.1 Å². The van der Waals surface area contributed by atoms with Gasteiger partial charge in [0.1, 0.15) is 11.5 Å². The predicted molar refractivity (Wildman–Crippen MR) is 70.5 cm³/mol. The Morgan fingerprint density at radius 1 is 1.22 bits per heavy atom. The molecule has 2 rings (SSSR count). The van der Waals surface area contributed by atoms with Crippen molar-refractivity contribution in [2.45, 2.75) is 32.8 Å². The number of benzene rings is 1. The van der Waals surface area contributed by atoms with Gasteiger partial charge < -0.3 is 14.9 Å². The molecular weight excluding hydrogens is 228 g/mol. The number of oxazole rings is 1. The number of hydrogen-bond acceptors (Lipinski definition) is 4. The van der Waals surface area contributed by atoms with Crippen molar-refractivity contribution in [1.29, 1.82) is 0 Å². The Hall–Kier alpha value is -1.97. The first kappa shape index (κ1) is 12.5. The average molecular weight is 246 g/mol. The third-order valence-electron chi connectivity index (χ3n) is 2.53. The Kier molecular flexibility index (Phi) is 3.87. The van der Waals surface area contributed by atoms with Gasteiger partial charge in [-0.3, -0.25) is 0 Å². The second-order valence-electron chi connectivity index (χ2n) is 4.48. The largest absolute Gasteiger partial charge is 0.491 e. The smallest absolute Gasteiger partial charge is 0.292 e. The number of rotatable bonds is 5. The van der Waals surface area contributed by atoms with E-state index in [4.69, 9.17) is 14.9 Å². The van der Waals surface area contributed by atoms with Gasteiger partial charge in [-0.1, -0.05) is 12.1 Å². The van der Waals surface area contributed by atoms with E-state index in [0.717, 1.165) is 24.4 Å². The lowest BCUT2D eigenvalue weighted by atomic mass is 10.1.